The SMILES string of the molecule is CCCC(CCC)OS(=O)(=O)NOc1ccccc1. The summed E-state index contributed by atoms with van der Waals surface area (Å²) in [5, 5.41) is 0. The van der Waals surface area contributed by atoms with Crippen LogP contribution in [0.1, 0.15) is 39.5 Å². The van der Waals surface area contributed by atoms with Crippen molar-refractivity contribution in [2.45, 2.75) is 45.6 Å². The Labute approximate surface area is 115 Å². The molecule has 0 aliphatic rings. The van der Waals surface area contributed by atoms with Crippen LogP contribution in [0.25, 0.3) is 0 Å². The van der Waals surface area contributed by atoms with Gasteiger partial charge in [-0.05, 0) is 29.9 Å². The van der Waals surface area contributed by atoms with Crippen LogP contribution in [0.2, 0.25) is 0 Å². The molecule has 6 heteroatoms. The molecule has 1 aromatic rings. The van der Waals surface area contributed by atoms with E-state index in [0.717, 1.165) is 12.8 Å². The normalized spacial score (nSPS) is 11.7. The molecule has 1 aromatic carbocycles. The van der Waals surface area contributed by atoms with E-state index in [0.29, 0.717) is 18.6 Å². The summed E-state index contributed by atoms with van der Waals surface area (Å²) in [6, 6.07) is 8.62. The van der Waals surface area contributed by atoms with E-state index in [-0.39, 0.29) is 6.10 Å². The van der Waals surface area contributed by atoms with E-state index in [2.05, 4.69) is 0 Å². The smallest absolute Gasteiger partial charge is 0.367 e. The third kappa shape index (κ3) is 6.56. The van der Waals surface area contributed by atoms with Gasteiger partial charge in [0.15, 0.2) is 0 Å². The van der Waals surface area contributed by atoms with E-state index < -0.39 is 10.3 Å². The van der Waals surface area contributed by atoms with Crippen LogP contribution in [-0.4, -0.2) is 14.5 Å². The Bertz CT molecular complexity index is 441. The number of nitrogens with one attached hydrogen (secondary N) is 1. The van der Waals surface area contributed by atoms with Crippen molar-refractivity contribution in [3.8, 4) is 5.75 Å². The number of hydrogen-bond donors (Lipinski definition) is 1. The number of hydrogen-bond acceptors (Lipinski definition) is 4. The van der Waals surface area contributed by atoms with Crippen LogP contribution in [0, 0.1) is 0 Å². The van der Waals surface area contributed by atoms with Gasteiger partial charge >= 0.3 is 10.3 Å². The molecule has 0 saturated carbocycles. The van der Waals surface area contributed by atoms with E-state index >= 15 is 0 Å². The molecule has 1 rings (SSSR count). The minimum absolute atomic E-state index is 0.299. The van der Waals surface area contributed by atoms with Crippen LogP contribution in [-0.2, 0) is 14.5 Å². The predicted octanol–water partition coefficient (Wildman–Crippen LogP) is 2.80. The number of rotatable bonds is 9. The van der Waals surface area contributed by atoms with Gasteiger partial charge in [0, 0.05) is 0 Å². The van der Waals surface area contributed by atoms with Crippen molar-refractivity contribution < 1.29 is 17.4 Å². The lowest BCUT2D eigenvalue weighted by Gasteiger charge is -2.16. The average Bonchev–Trinajstić information content (AvgIpc) is 2.38. The largest absolute Gasteiger partial charge is 0.392 e. The molecule has 1 N–H and O–H groups in total. The minimum Gasteiger partial charge on any atom is -0.392 e. The van der Waals surface area contributed by atoms with Crippen LogP contribution < -0.4 is 9.72 Å². The maximum absolute atomic E-state index is 11.7. The average molecular weight is 287 g/mol. The van der Waals surface area contributed by atoms with Crippen molar-refractivity contribution in [1.82, 2.24) is 4.89 Å². The third-order valence-electron chi connectivity index (χ3n) is 2.49. The maximum atomic E-state index is 11.7. The molecule has 0 spiro atoms. The van der Waals surface area contributed by atoms with Crippen LogP contribution in [0.15, 0.2) is 30.3 Å². The van der Waals surface area contributed by atoms with Gasteiger partial charge in [0.05, 0.1) is 6.10 Å². The molecule has 0 bridgehead atoms. The summed E-state index contributed by atoms with van der Waals surface area (Å²) >= 11 is 0. The first-order valence-corrected chi connectivity index (χ1v) is 7.90. The minimum atomic E-state index is -3.90. The van der Waals surface area contributed by atoms with Crippen molar-refractivity contribution in [3.63, 3.8) is 0 Å². The lowest BCUT2D eigenvalue weighted by Crippen LogP contribution is -2.32. The van der Waals surface area contributed by atoms with Crippen molar-refractivity contribution in [3.05, 3.63) is 30.3 Å². The second-order valence-corrected chi connectivity index (χ2v) is 5.52. The highest BCUT2D eigenvalue weighted by atomic mass is 32.2. The fourth-order valence-corrected chi connectivity index (χ4v) is 2.46. The van der Waals surface area contributed by atoms with Gasteiger partial charge < -0.3 is 4.84 Å². The lowest BCUT2D eigenvalue weighted by molar-refractivity contribution is 0.158. The molecule has 108 valence electrons. The molecule has 19 heavy (non-hydrogen) atoms. The zero-order valence-electron chi connectivity index (χ0n) is 11.3. The first-order chi connectivity index (χ1) is 9.07. The van der Waals surface area contributed by atoms with Gasteiger partial charge in [0.1, 0.15) is 5.75 Å². The molecule has 0 atom stereocenters. The molecular formula is C13H21NO4S. The molecule has 0 aromatic heterocycles. The molecule has 0 aliphatic carbocycles. The quantitative estimate of drug-likeness (QED) is 0.709. The highest BCUT2D eigenvalue weighted by Crippen LogP contribution is 2.13. The van der Waals surface area contributed by atoms with Crippen molar-refractivity contribution in [2.75, 3.05) is 0 Å². The van der Waals surface area contributed by atoms with Crippen molar-refractivity contribution >= 4 is 10.3 Å². The molecule has 0 unspecified atom stereocenters. The summed E-state index contributed by atoms with van der Waals surface area (Å²) in [6.45, 7) is 3.99. The Balaban J connectivity index is 2.50. The van der Waals surface area contributed by atoms with Gasteiger partial charge in [-0.3, -0.25) is 4.18 Å². The molecule has 5 nitrogen and oxygen atoms in total. The molecule has 0 amide bonds. The molecular weight excluding hydrogens is 266 g/mol. The summed E-state index contributed by atoms with van der Waals surface area (Å²) in [5.41, 5.74) is 0. The van der Waals surface area contributed by atoms with Crippen LogP contribution in [0.3, 0.4) is 0 Å². The fraction of sp³-hybridized carbons (Fsp3) is 0.538. The summed E-state index contributed by atoms with van der Waals surface area (Å²) in [6.07, 6.45) is 2.87. The Morgan fingerprint density at radius 2 is 1.68 bits per heavy atom. The van der Waals surface area contributed by atoms with E-state index in [1.807, 2.05) is 24.8 Å². The second kappa shape index (κ2) is 8.14. The van der Waals surface area contributed by atoms with E-state index in [4.69, 9.17) is 9.02 Å². The Morgan fingerprint density at radius 1 is 1.11 bits per heavy atom. The summed E-state index contributed by atoms with van der Waals surface area (Å²) in [7, 11) is -3.90. The molecule has 0 fully saturated rings. The van der Waals surface area contributed by atoms with Gasteiger partial charge in [-0.25, -0.2) is 0 Å². The zero-order valence-corrected chi connectivity index (χ0v) is 12.2. The molecule has 0 saturated heterocycles. The topological polar surface area (TPSA) is 64.6 Å². The van der Waals surface area contributed by atoms with Gasteiger partial charge in [-0.1, -0.05) is 44.9 Å². The Kier molecular flexibility index (Phi) is 6.83. The van der Waals surface area contributed by atoms with Gasteiger partial charge in [0.2, 0.25) is 0 Å². The maximum Gasteiger partial charge on any atom is 0.367 e. The van der Waals surface area contributed by atoms with Crippen LogP contribution in [0.5, 0.6) is 5.75 Å². The van der Waals surface area contributed by atoms with Crippen LogP contribution in [0.4, 0.5) is 0 Å². The van der Waals surface area contributed by atoms with Crippen molar-refractivity contribution in [1.29, 1.82) is 0 Å². The number of benzene rings is 1. The summed E-state index contributed by atoms with van der Waals surface area (Å²) < 4.78 is 28.5. The molecule has 0 heterocycles. The summed E-state index contributed by atoms with van der Waals surface area (Å²) in [5.74, 6) is 0.414. The highest BCUT2D eigenvalue weighted by Gasteiger charge is 2.18. The first-order valence-electron chi connectivity index (χ1n) is 6.49. The molecule has 0 radical (unpaired) electrons. The predicted molar refractivity (Wildman–Crippen MR) is 73.8 cm³/mol. The second-order valence-electron chi connectivity index (χ2n) is 4.25. The fourth-order valence-electron chi connectivity index (χ4n) is 1.67. The zero-order chi connectivity index (χ0) is 14.1. The first kappa shape index (κ1) is 15.9. The Morgan fingerprint density at radius 3 is 2.21 bits per heavy atom. The highest BCUT2D eigenvalue weighted by molar-refractivity contribution is 7.84. The molecule has 0 aliphatic heterocycles. The van der Waals surface area contributed by atoms with Crippen molar-refractivity contribution in [2.24, 2.45) is 0 Å². The third-order valence-corrected chi connectivity index (χ3v) is 3.30. The van der Waals surface area contributed by atoms with E-state index in [1.165, 1.54) is 0 Å². The lowest BCUT2D eigenvalue weighted by atomic mass is 10.1. The van der Waals surface area contributed by atoms with Gasteiger partial charge in [0.25, 0.3) is 0 Å². The van der Waals surface area contributed by atoms with E-state index in [1.54, 1.807) is 24.3 Å². The standard InChI is InChI=1S/C13H21NO4S/c1-3-8-13(9-4-2)18-19(15,16)14-17-12-10-6-5-7-11-12/h5-7,10-11,13-14H,3-4,8-9H2,1-2H3. The van der Waals surface area contributed by atoms with Crippen LogP contribution >= 0.6 is 0 Å². The van der Waals surface area contributed by atoms with E-state index in [9.17, 15) is 8.42 Å². The monoisotopic (exact) mass is 287 g/mol. The Hall–Kier alpha value is -1.11. The summed E-state index contributed by atoms with van der Waals surface area (Å²) in [4.78, 5) is 6.94. The van der Waals surface area contributed by atoms with Gasteiger partial charge in [-0.15, -0.1) is 0 Å². The van der Waals surface area contributed by atoms with Gasteiger partial charge in [-0.2, -0.15) is 8.42 Å². The number of para-hydroxylation sites is 1.